The van der Waals surface area contributed by atoms with Crippen molar-refractivity contribution >= 4 is 0 Å². The molecule has 0 amide bonds. The van der Waals surface area contributed by atoms with Crippen molar-refractivity contribution in [1.29, 1.82) is 0 Å². The molecular formula is C11H20Er. The molecule has 0 radical (unpaired) electrons. The minimum atomic E-state index is -1.28. The predicted octanol–water partition coefficient (Wildman–Crippen LogP) is 4.30. The quantitative estimate of drug-likeness (QED) is 0.725. The zero-order valence-corrected chi connectivity index (χ0v) is 10.2. The molecule has 12 heavy (non-hydrogen) atoms. The molecule has 0 bridgehead atoms. The van der Waals surface area contributed by atoms with E-state index in [1.807, 2.05) is 1.73 Å². The number of rotatable bonds is 4. The summed E-state index contributed by atoms with van der Waals surface area (Å²) in [7, 11) is 0. The van der Waals surface area contributed by atoms with Crippen LogP contribution in [-0.2, 0) is 0 Å². The van der Waals surface area contributed by atoms with Crippen LogP contribution in [0.5, 0.6) is 0 Å². The molecule has 0 spiro atoms. The van der Waals surface area contributed by atoms with Crippen molar-refractivity contribution < 1.29 is 29.6 Å². The Bertz CT molecular complexity index is 189. The SMILES string of the molecule is C[CH2][Er]([CH2]C)([CH2]C)[C]1=CC=CC1. The molecule has 0 N–H and O–H groups in total. The summed E-state index contributed by atoms with van der Waals surface area (Å²) >= 11 is -1.28. The van der Waals surface area contributed by atoms with Crippen LogP contribution in [0.2, 0.25) is 7.74 Å². The number of hydrogen-bond donors (Lipinski definition) is 0. The van der Waals surface area contributed by atoms with Crippen LogP contribution in [0.3, 0.4) is 0 Å². The van der Waals surface area contributed by atoms with E-state index in [1.165, 1.54) is 14.2 Å². The van der Waals surface area contributed by atoms with Gasteiger partial charge in [-0.1, -0.05) is 0 Å². The van der Waals surface area contributed by atoms with Gasteiger partial charge in [-0.15, -0.1) is 0 Å². The molecule has 0 aromatic rings. The van der Waals surface area contributed by atoms with E-state index in [2.05, 4.69) is 39.0 Å². The second-order valence-corrected chi connectivity index (χ2v) is 12.4. The van der Waals surface area contributed by atoms with Crippen molar-refractivity contribution in [2.45, 2.75) is 34.9 Å². The first kappa shape index (κ1) is 10.8. The van der Waals surface area contributed by atoms with Gasteiger partial charge in [-0.3, -0.25) is 0 Å². The average Bonchev–Trinajstić information content (AvgIpc) is 2.62. The molecule has 1 heteroatoms. The Labute approximate surface area is 83.6 Å². The Morgan fingerprint density at radius 2 is 1.75 bits per heavy atom. The minimum absolute atomic E-state index is 1.26. The zero-order valence-electron chi connectivity index (χ0n) is 8.35. The molecule has 0 saturated carbocycles. The van der Waals surface area contributed by atoms with Gasteiger partial charge in [0.1, 0.15) is 0 Å². The molecule has 0 nitrogen and oxygen atoms in total. The van der Waals surface area contributed by atoms with E-state index >= 15 is 0 Å². The predicted molar refractivity (Wildman–Crippen MR) is 53.3 cm³/mol. The molecular weight excluding hydrogens is 299 g/mol. The fraction of sp³-hybridized carbons (Fsp3) is 0.636. The van der Waals surface area contributed by atoms with Gasteiger partial charge in [-0.05, 0) is 0 Å². The summed E-state index contributed by atoms with van der Waals surface area (Å²) in [6.07, 6.45) is 8.21. The first-order valence-corrected chi connectivity index (χ1v) is 9.45. The van der Waals surface area contributed by atoms with E-state index in [9.17, 15) is 0 Å². The Kier molecular flexibility index (Phi) is 4.34. The van der Waals surface area contributed by atoms with Gasteiger partial charge in [0, 0.05) is 0 Å². The van der Waals surface area contributed by atoms with Crippen LogP contribution in [0.1, 0.15) is 27.2 Å². The summed E-state index contributed by atoms with van der Waals surface area (Å²) in [6.45, 7) is 7.16. The third-order valence-electron chi connectivity index (χ3n) is 2.26. The molecule has 1 aliphatic carbocycles. The monoisotopic (exact) mass is 318 g/mol. The van der Waals surface area contributed by atoms with Gasteiger partial charge in [0.15, 0.2) is 0 Å². The van der Waals surface area contributed by atoms with Gasteiger partial charge in [0.05, 0.1) is 0 Å². The summed E-state index contributed by atoms with van der Waals surface area (Å²) in [5.74, 6) is 0. The molecule has 0 aromatic carbocycles. The van der Waals surface area contributed by atoms with Crippen molar-refractivity contribution in [3.05, 3.63) is 20.0 Å². The summed E-state index contributed by atoms with van der Waals surface area (Å²) in [5.41, 5.74) is 0. The van der Waals surface area contributed by atoms with Crippen molar-refractivity contribution in [2.24, 2.45) is 0 Å². The average molecular weight is 320 g/mol. The summed E-state index contributed by atoms with van der Waals surface area (Å²) in [4.78, 5) is 0. The Morgan fingerprint density at radius 3 is 2.08 bits per heavy atom. The number of allylic oxidation sites excluding steroid dienone is 4. The molecule has 76 valence electrons. The van der Waals surface area contributed by atoms with Crippen LogP contribution in [0.4, 0.5) is 0 Å². The van der Waals surface area contributed by atoms with Gasteiger partial charge in [-0.25, -0.2) is 0 Å². The van der Waals surface area contributed by atoms with Crippen LogP contribution in [-0.4, -0.2) is 0 Å². The van der Waals surface area contributed by atoms with E-state index in [-0.39, 0.29) is 0 Å². The van der Waals surface area contributed by atoms with Gasteiger partial charge in [0.25, 0.3) is 0 Å². The molecule has 0 heterocycles. The van der Waals surface area contributed by atoms with E-state index in [1.54, 1.807) is 0 Å². The topological polar surface area (TPSA) is 0 Å². The van der Waals surface area contributed by atoms with E-state index in [0.29, 0.717) is 0 Å². The molecule has 0 aliphatic heterocycles. The normalized spacial score (nSPS) is 18.1. The summed E-state index contributed by atoms with van der Waals surface area (Å²) < 4.78 is 6.17. The van der Waals surface area contributed by atoms with Crippen molar-refractivity contribution in [2.75, 3.05) is 0 Å². The Morgan fingerprint density at radius 1 is 1.17 bits per heavy atom. The van der Waals surface area contributed by atoms with Crippen LogP contribution in [0, 0.1) is 29.6 Å². The Hall–Kier alpha value is 0.727. The second kappa shape index (κ2) is 4.82. The van der Waals surface area contributed by atoms with Gasteiger partial charge in [0.2, 0.25) is 0 Å². The maximum absolute atomic E-state index is 2.39. The van der Waals surface area contributed by atoms with Gasteiger partial charge < -0.3 is 0 Å². The van der Waals surface area contributed by atoms with E-state index in [4.69, 9.17) is 0 Å². The maximum atomic E-state index is 2.39. The van der Waals surface area contributed by atoms with Crippen molar-refractivity contribution in [3.8, 4) is 0 Å². The van der Waals surface area contributed by atoms with Crippen LogP contribution in [0.25, 0.3) is 0 Å². The molecule has 0 fully saturated rings. The molecule has 0 unspecified atom stereocenters. The standard InChI is InChI=1S/C5H5.3C2H5.Er/c1-2-4-5-3-1;3*1-2;/h1-3H,4H2;3*1H2,2H3;. The van der Waals surface area contributed by atoms with Gasteiger partial charge >= 0.3 is 84.5 Å². The van der Waals surface area contributed by atoms with Crippen molar-refractivity contribution in [1.82, 2.24) is 0 Å². The van der Waals surface area contributed by atoms with Crippen LogP contribution < -0.4 is 0 Å². The number of hydrogen-bond acceptors (Lipinski definition) is 0. The van der Waals surface area contributed by atoms with Crippen LogP contribution in [0.15, 0.2) is 20.0 Å². The fourth-order valence-electron chi connectivity index (χ4n) is 1.46. The third kappa shape index (κ3) is 1.96. The zero-order chi connectivity index (χ0) is 9.03. The van der Waals surface area contributed by atoms with Crippen molar-refractivity contribution in [3.63, 3.8) is 0 Å². The Balaban J connectivity index is 2.77. The molecule has 1 rings (SSSR count). The second-order valence-electron chi connectivity index (χ2n) is 2.54. The molecule has 0 atom stereocenters. The van der Waals surface area contributed by atoms with E-state index in [0.717, 1.165) is 0 Å². The molecule has 0 aromatic heterocycles. The summed E-state index contributed by atoms with van der Waals surface area (Å²) in [5, 5.41) is 0. The third-order valence-corrected chi connectivity index (χ3v) is 13.0. The first-order valence-electron chi connectivity index (χ1n) is 4.60. The van der Waals surface area contributed by atoms with E-state index < -0.39 is 29.6 Å². The molecule has 1 aliphatic rings. The molecule has 0 saturated heterocycles. The summed E-state index contributed by atoms with van der Waals surface area (Å²) in [6, 6.07) is 0. The first-order chi connectivity index (χ1) is 5.79. The fourth-order valence-corrected chi connectivity index (χ4v) is 8.61. The van der Waals surface area contributed by atoms with Gasteiger partial charge in [-0.2, -0.15) is 0 Å². The van der Waals surface area contributed by atoms with Crippen LogP contribution >= 0.6 is 0 Å².